The number of hydrogen-bond acceptors (Lipinski definition) is 3. The van der Waals surface area contributed by atoms with E-state index in [1.165, 1.54) is 18.6 Å². The fourth-order valence-corrected chi connectivity index (χ4v) is 2.25. The number of hydrogen-bond donors (Lipinski definition) is 2. The van der Waals surface area contributed by atoms with E-state index in [0.29, 0.717) is 6.54 Å². The van der Waals surface area contributed by atoms with E-state index in [1.54, 1.807) is 6.07 Å². The standard InChI is InChI=1S/C16H23FN2O/c1-3-7-18-8-4-9-19-11-16-12(2)14-10-13(17)5-6-15(14)20-16/h5-6,10,18-19H,3-4,7-9,11H2,1-2H3. The lowest BCUT2D eigenvalue weighted by molar-refractivity contribution is 0.502. The molecule has 3 nitrogen and oxygen atoms in total. The second-order valence-electron chi connectivity index (χ2n) is 5.07. The second-order valence-corrected chi connectivity index (χ2v) is 5.07. The lowest BCUT2D eigenvalue weighted by Gasteiger charge is -2.04. The maximum atomic E-state index is 13.2. The Morgan fingerprint density at radius 1 is 1.15 bits per heavy atom. The Bertz CT molecular complexity index is 551. The molecule has 1 heterocycles. The predicted molar refractivity (Wildman–Crippen MR) is 80.4 cm³/mol. The Morgan fingerprint density at radius 2 is 1.95 bits per heavy atom. The van der Waals surface area contributed by atoms with Crippen molar-refractivity contribution in [3.63, 3.8) is 0 Å². The Kier molecular flexibility index (Phi) is 5.56. The van der Waals surface area contributed by atoms with Gasteiger partial charge in [-0.2, -0.15) is 0 Å². The van der Waals surface area contributed by atoms with Gasteiger partial charge in [-0.1, -0.05) is 6.92 Å². The van der Waals surface area contributed by atoms with Crippen LogP contribution < -0.4 is 10.6 Å². The zero-order chi connectivity index (χ0) is 14.4. The molecule has 2 rings (SSSR count). The zero-order valence-corrected chi connectivity index (χ0v) is 12.3. The highest BCUT2D eigenvalue weighted by Crippen LogP contribution is 2.25. The van der Waals surface area contributed by atoms with Gasteiger partial charge in [0.1, 0.15) is 17.2 Å². The molecule has 2 N–H and O–H groups in total. The molecule has 0 aliphatic carbocycles. The molecule has 1 aromatic carbocycles. The van der Waals surface area contributed by atoms with E-state index in [-0.39, 0.29) is 5.82 Å². The lowest BCUT2D eigenvalue weighted by atomic mass is 10.1. The van der Waals surface area contributed by atoms with E-state index >= 15 is 0 Å². The van der Waals surface area contributed by atoms with Crippen LogP contribution in [0.1, 0.15) is 31.1 Å². The van der Waals surface area contributed by atoms with E-state index in [9.17, 15) is 4.39 Å². The summed E-state index contributed by atoms with van der Waals surface area (Å²) < 4.78 is 19.0. The van der Waals surface area contributed by atoms with Gasteiger partial charge in [-0.25, -0.2) is 4.39 Å². The third-order valence-corrected chi connectivity index (χ3v) is 3.42. The molecule has 0 spiro atoms. The first-order valence-electron chi connectivity index (χ1n) is 7.31. The van der Waals surface area contributed by atoms with Crippen molar-refractivity contribution in [1.29, 1.82) is 0 Å². The first-order chi connectivity index (χ1) is 9.72. The topological polar surface area (TPSA) is 37.2 Å². The summed E-state index contributed by atoms with van der Waals surface area (Å²) in [6.45, 7) is 7.89. The molecule has 1 aromatic heterocycles. The van der Waals surface area contributed by atoms with E-state index < -0.39 is 0 Å². The molecule has 110 valence electrons. The Hall–Kier alpha value is -1.39. The third-order valence-electron chi connectivity index (χ3n) is 3.42. The first kappa shape index (κ1) is 15.0. The van der Waals surface area contributed by atoms with Gasteiger partial charge in [0.05, 0.1) is 6.54 Å². The highest BCUT2D eigenvalue weighted by atomic mass is 19.1. The molecule has 0 amide bonds. The van der Waals surface area contributed by atoms with Crippen LogP contribution >= 0.6 is 0 Å². The third kappa shape index (κ3) is 3.81. The van der Waals surface area contributed by atoms with Crippen LogP contribution in [-0.4, -0.2) is 19.6 Å². The largest absolute Gasteiger partial charge is 0.459 e. The zero-order valence-electron chi connectivity index (χ0n) is 12.3. The fourth-order valence-electron chi connectivity index (χ4n) is 2.25. The van der Waals surface area contributed by atoms with Crippen molar-refractivity contribution >= 4 is 11.0 Å². The number of benzene rings is 1. The number of rotatable bonds is 8. The van der Waals surface area contributed by atoms with Gasteiger partial charge in [-0.3, -0.25) is 0 Å². The van der Waals surface area contributed by atoms with Crippen molar-refractivity contribution in [2.45, 2.75) is 33.2 Å². The van der Waals surface area contributed by atoms with Crippen molar-refractivity contribution in [2.24, 2.45) is 0 Å². The number of furan rings is 1. The van der Waals surface area contributed by atoms with Gasteiger partial charge < -0.3 is 15.1 Å². The molecular formula is C16H23FN2O. The molecule has 0 fully saturated rings. The number of nitrogens with one attached hydrogen (secondary N) is 2. The maximum absolute atomic E-state index is 13.2. The molecule has 0 saturated heterocycles. The summed E-state index contributed by atoms with van der Waals surface area (Å²) in [5.74, 6) is 0.676. The first-order valence-corrected chi connectivity index (χ1v) is 7.31. The Morgan fingerprint density at radius 3 is 2.75 bits per heavy atom. The number of fused-ring (bicyclic) bond motifs is 1. The molecule has 0 radical (unpaired) electrons. The van der Waals surface area contributed by atoms with Crippen LogP contribution in [0.25, 0.3) is 11.0 Å². The van der Waals surface area contributed by atoms with Crippen LogP contribution in [0.5, 0.6) is 0 Å². The van der Waals surface area contributed by atoms with Crippen molar-refractivity contribution in [1.82, 2.24) is 10.6 Å². The predicted octanol–water partition coefficient (Wildman–Crippen LogP) is 3.36. The van der Waals surface area contributed by atoms with E-state index in [1.807, 2.05) is 6.92 Å². The van der Waals surface area contributed by atoms with Crippen LogP contribution in [-0.2, 0) is 6.54 Å². The smallest absolute Gasteiger partial charge is 0.134 e. The van der Waals surface area contributed by atoms with E-state index in [0.717, 1.165) is 48.3 Å². The highest BCUT2D eigenvalue weighted by molar-refractivity contribution is 5.82. The summed E-state index contributed by atoms with van der Waals surface area (Å²) in [6.07, 6.45) is 2.26. The van der Waals surface area contributed by atoms with Gasteiger partial charge in [0, 0.05) is 5.39 Å². The minimum Gasteiger partial charge on any atom is -0.459 e. The molecule has 0 aliphatic rings. The van der Waals surface area contributed by atoms with Crippen LogP contribution in [0, 0.1) is 12.7 Å². The molecule has 0 aliphatic heterocycles. The molecule has 2 aromatic rings. The molecule has 4 heteroatoms. The van der Waals surface area contributed by atoms with Crippen molar-refractivity contribution in [2.75, 3.05) is 19.6 Å². The maximum Gasteiger partial charge on any atom is 0.134 e. The molecular weight excluding hydrogens is 255 g/mol. The van der Waals surface area contributed by atoms with Crippen LogP contribution in [0.15, 0.2) is 22.6 Å². The summed E-state index contributed by atoms with van der Waals surface area (Å²) in [4.78, 5) is 0. The lowest BCUT2D eigenvalue weighted by Crippen LogP contribution is -2.22. The van der Waals surface area contributed by atoms with E-state index in [4.69, 9.17) is 4.42 Å². The summed E-state index contributed by atoms with van der Waals surface area (Å²) in [5.41, 5.74) is 1.78. The van der Waals surface area contributed by atoms with Crippen molar-refractivity contribution < 1.29 is 8.81 Å². The van der Waals surface area contributed by atoms with Crippen molar-refractivity contribution in [3.8, 4) is 0 Å². The van der Waals surface area contributed by atoms with Gasteiger partial charge >= 0.3 is 0 Å². The second kappa shape index (κ2) is 7.41. The summed E-state index contributed by atoms with van der Waals surface area (Å²) in [7, 11) is 0. The van der Waals surface area contributed by atoms with Crippen LogP contribution in [0.4, 0.5) is 4.39 Å². The SMILES string of the molecule is CCCNCCCNCc1oc2ccc(F)cc2c1C. The minimum atomic E-state index is -0.220. The van der Waals surface area contributed by atoms with Gasteiger partial charge in [-0.15, -0.1) is 0 Å². The molecule has 0 bridgehead atoms. The molecule has 0 atom stereocenters. The van der Waals surface area contributed by atoms with Gasteiger partial charge in [0.25, 0.3) is 0 Å². The van der Waals surface area contributed by atoms with Crippen LogP contribution in [0.3, 0.4) is 0 Å². The Balaban J connectivity index is 1.83. The van der Waals surface area contributed by atoms with Gasteiger partial charge in [0.15, 0.2) is 0 Å². The molecule has 0 unspecified atom stereocenters. The van der Waals surface area contributed by atoms with Crippen LogP contribution in [0.2, 0.25) is 0 Å². The quantitative estimate of drug-likeness (QED) is 0.727. The normalized spacial score (nSPS) is 11.3. The fraction of sp³-hybridized carbons (Fsp3) is 0.500. The molecule has 0 saturated carbocycles. The average Bonchev–Trinajstić information content (AvgIpc) is 2.75. The molecule has 20 heavy (non-hydrogen) atoms. The van der Waals surface area contributed by atoms with Gasteiger partial charge in [-0.05, 0) is 63.2 Å². The Labute approximate surface area is 119 Å². The minimum absolute atomic E-state index is 0.220. The van der Waals surface area contributed by atoms with Gasteiger partial charge in [0.2, 0.25) is 0 Å². The highest BCUT2D eigenvalue weighted by Gasteiger charge is 2.10. The summed E-state index contributed by atoms with van der Waals surface area (Å²) >= 11 is 0. The summed E-state index contributed by atoms with van der Waals surface area (Å²) in [6, 6.07) is 4.66. The number of halogens is 1. The monoisotopic (exact) mass is 278 g/mol. The number of aryl methyl sites for hydroxylation is 1. The summed E-state index contributed by atoms with van der Waals surface area (Å²) in [5, 5.41) is 7.60. The van der Waals surface area contributed by atoms with E-state index in [2.05, 4.69) is 17.6 Å². The van der Waals surface area contributed by atoms with Crippen molar-refractivity contribution in [3.05, 3.63) is 35.3 Å². The average molecular weight is 278 g/mol.